The van der Waals surface area contributed by atoms with Crippen molar-refractivity contribution in [1.82, 2.24) is 14.9 Å². The zero-order valence-corrected chi connectivity index (χ0v) is 8.80. The molecule has 2 amide bonds. The number of methoxy groups -OCH3 is 1. The number of carbonyl (C=O) groups is 1. The second kappa shape index (κ2) is 5.51. The Bertz CT molecular complexity index is 277. The maximum Gasteiger partial charge on any atom is 0.320 e. The fraction of sp³-hybridized carbons (Fsp3) is 0.571. The number of rotatable bonds is 4. The SMILES string of the molecule is COC(C)CNC(=O)Nc1cnns1. The number of carbonyl (C=O) groups excluding carboxylic acids is 1. The molecule has 0 aliphatic carbocycles. The van der Waals surface area contributed by atoms with Gasteiger partial charge in [0.2, 0.25) is 0 Å². The molecule has 0 aromatic carbocycles. The lowest BCUT2D eigenvalue weighted by Crippen LogP contribution is -2.34. The average Bonchev–Trinajstić information content (AvgIpc) is 2.66. The van der Waals surface area contributed by atoms with Gasteiger partial charge in [0.25, 0.3) is 0 Å². The quantitative estimate of drug-likeness (QED) is 0.776. The lowest BCUT2D eigenvalue weighted by molar-refractivity contribution is 0.119. The zero-order chi connectivity index (χ0) is 10.4. The number of aromatic nitrogens is 2. The Kier molecular flexibility index (Phi) is 4.27. The number of hydrogen-bond donors (Lipinski definition) is 2. The van der Waals surface area contributed by atoms with Crippen LogP contribution in [-0.2, 0) is 4.74 Å². The summed E-state index contributed by atoms with van der Waals surface area (Å²) in [5.74, 6) is 0. The van der Waals surface area contributed by atoms with Crippen molar-refractivity contribution in [2.45, 2.75) is 13.0 Å². The third kappa shape index (κ3) is 3.67. The predicted octanol–water partition coefficient (Wildman–Crippen LogP) is 0.694. The van der Waals surface area contributed by atoms with Crippen molar-refractivity contribution in [2.24, 2.45) is 0 Å². The van der Waals surface area contributed by atoms with Gasteiger partial charge in [0.05, 0.1) is 12.3 Å². The standard InChI is InChI=1S/C7H12N4O2S/c1-5(13-2)3-8-7(12)10-6-4-9-11-14-6/h4-5H,3H2,1-2H3,(H2,8,10,12). The molecular formula is C7H12N4O2S. The van der Waals surface area contributed by atoms with Crippen LogP contribution in [-0.4, -0.2) is 35.4 Å². The Morgan fingerprint density at radius 2 is 2.57 bits per heavy atom. The zero-order valence-electron chi connectivity index (χ0n) is 7.98. The van der Waals surface area contributed by atoms with Crippen LogP contribution < -0.4 is 10.6 Å². The number of nitrogens with zero attached hydrogens (tertiary/aromatic N) is 2. The van der Waals surface area contributed by atoms with Gasteiger partial charge in [0.15, 0.2) is 0 Å². The van der Waals surface area contributed by atoms with Crippen LogP contribution in [0, 0.1) is 0 Å². The third-order valence-corrected chi connectivity index (χ3v) is 2.13. The summed E-state index contributed by atoms with van der Waals surface area (Å²) in [6, 6.07) is -0.278. The Hall–Kier alpha value is -1.21. The van der Waals surface area contributed by atoms with Gasteiger partial charge in [-0.1, -0.05) is 4.49 Å². The van der Waals surface area contributed by atoms with E-state index in [1.165, 1.54) is 6.20 Å². The number of anilines is 1. The molecular weight excluding hydrogens is 204 g/mol. The molecule has 1 atom stereocenters. The summed E-state index contributed by atoms with van der Waals surface area (Å²) in [5.41, 5.74) is 0. The van der Waals surface area contributed by atoms with Crippen molar-refractivity contribution >= 4 is 22.6 Å². The van der Waals surface area contributed by atoms with Gasteiger partial charge < -0.3 is 10.1 Å². The first-order chi connectivity index (χ1) is 6.72. The van der Waals surface area contributed by atoms with E-state index in [1.807, 2.05) is 6.92 Å². The minimum Gasteiger partial charge on any atom is -0.380 e. The van der Waals surface area contributed by atoms with Gasteiger partial charge in [0.1, 0.15) is 5.00 Å². The van der Waals surface area contributed by atoms with E-state index < -0.39 is 0 Å². The molecule has 78 valence electrons. The molecule has 1 unspecified atom stereocenters. The molecule has 2 N–H and O–H groups in total. The van der Waals surface area contributed by atoms with E-state index in [1.54, 1.807) is 7.11 Å². The number of hydrogen-bond acceptors (Lipinski definition) is 5. The van der Waals surface area contributed by atoms with Crippen molar-refractivity contribution in [3.05, 3.63) is 6.20 Å². The highest BCUT2D eigenvalue weighted by atomic mass is 32.1. The Balaban J connectivity index is 2.23. The van der Waals surface area contributed by atoms with Crippen LogP contribution in [0.15, 0.2) is 6.20 Å². The molecule has 7 heteroatoms. The van der Waals surface area contributed by atoms with Gasteiger partial charge in [-0.25, -0.2) is 4.79 Å². The summed E-state index contributed by atoms with van der Waals surface area (Å²) in [7, 11) is 1.59. The van der Waals surface area contributed by atoms with Gasteiger partial charge in [0, 0.05) is 25.2 Å². The van der Waals surface area contributed by atoms with Crippen LogP contribution in [0.2, 0.25) is 0 Å². The maximum atomic E-state index is 11.2. The van der Waals surface area contributed by atoms with E-state index in [0.717, 1.165) is 11.5 Å². The predicted molar refractivity (Wildman–Crippen MR) is 53.4 cm³/mol. The molecule has 14 heavy (non-hydrogen) atoms. The highest BCUT2D eigenvalue weighted by molar-refractivity contribution is 7.10. The molecule has 1 rings (SSSR count). The molecule has 0 saturated heterocycles. The number of urea groups is 1. The lowest BCUT2D eigenvalue weighted by Gasteiger charge is -2.10. The topological polar surface area (TPSA) is 76.1 Å². The Morgan fingerprint density at radius 1 is 1.79 bits per heavy atom. The van der Waals surface area contributed by atoms with Gasteiger partial charge in [-0.2, -0.15) is 0 Å². The van der Waals surface area contributed by atoms with Crippen LogP contribution in [0.5, 0.6) is 0 Å². The first-order valence-corrected chi connectivity index (χ1v) is 4.84. The normalized spacial score (nSPS) is 12.1. The summed E-state index contributed by atoms with van der Waals surface area (Å²) in [6.07, 6.45) is 1.49. The van der Waals surface area contributed by atoms with Crippen LogP contribution in [0.3, 0.4) is 0 Å². The number of nitrogens with one attached hydrogen (secondary N) is 2. The van der Waals surface area contributed by atoms with Gasteiger partial charge in [-0.3, -0.25) is 5.32 Å². The second-order valence-corrected chi connectivity index (χ2v) is 3.45. The van der Waals surface area contributed by atoms with Gasteiger partial charge in [-0.15, -0.1) is 5.10 Å². The van der Waals surface area contributed by atoms with Crippen molar-refractivity contribution in [2.75, 3.05) is 19.0 Å². The molecule has 1 heterocycles. The van der Waals surface area contributed by atoms with Gasteiger partial charge >= 0.3 is 6.03 Å². The summed E-state index contributed by atoms with van der Waals surface area (Å²) < 4.78 is 8.58. The minimum absolute atomic E-state index is 0.000311. The number of ether oxygens (including phenoxy) is 1. The summed E-state index contributed by atoms with van der Waals surface area (Å²) >= 11 is 1.13. The molecule has 0 saturated carbocycles. The molecule has 0 aliphatic rings. The monoisotopic (exact) mass is 216 g/mol. The molecule has 1 aromatic heterocycles. The fourth-order valence-electron chi connectivity index (χ4n) is 0.698. The van der Waals surface area contributed by atoms with E-state index in [-0.39, 0.29) is 12.1 Å². The molecule has 0 spiro atoms. The Morgan fingerprint density at radius 3 is 3.14 bits per heavy atom. The van der Waals surface area contributed by atoms with E-state index in [0.29, 0.717) is 11.5 Å². The molecule has 1 aromatic rings. The van der Waals surface area contributed by atoms with Crippen LogP contribution >= 0.6 is 11.5 Å². The van der Waals surface area contributed by atoms with Crippen molar-refractivity contribution in [3.63, 3.8) is 0 Å². The largest absolute Gasteiger partial charge is 0.380 e. The molecule has 0 bridgehead atoms. The molecule has 0 radical (unpaired) electrons. The average molecular weight is 216 g/mol. The highest BCUT2D eigenvalue weighted by Gasteiger charge is 2.05. The summed E-state index contributed by atoms with van der Waals surface area (Å²) in [4.78, 5) is 11.2. The van der Waals surface area contributed by atoms with E-state index in [4.69, 9.17) is 4.74 Å². The summed E-state index contributed by atoms with van der Waals surface area (Å²) in [5, 5.41) is 9.44. The molecule has 0 aliphatic heterocycles. The minimum atomic E-state index is -0.278. The van der Waals surface area contributed by atoms with E-state index in [9.17, 15) is 4.79 Å². The third-order valence-electron chi connectivity index (χ3n) is 1.55. The van der Waals surface area contributed by atoms with Crippen LogP contribution in [0.25, 0.3) is 0 Å². The number of amides is 2. The highest BCUT2D eigenvalue weighted by Crippen LogP contribution is 2.07. The summed E-state index contributed by atoms with van der Waals surface area (Å²) in [6.45, 7) is 2.34. The Labute approximate surface area is 85.8 Å². The lowest BCUT2D eigenvalue weighted by atomic mass is 10.4. The van der Waals surface area contributed by atoms with Crippen LogP contribution in [0.1, 0.15) is 6.92 Å². The first-order valence-electron chi connectivity index (χ1n) is 4.07. The fourth-order valence-corrected chi connectivity index (χ4v) is 1.11. The van der Waals surface area contributed by atoms with Gasteiger partial charge in [-0.05, 0) is 6.92 Å². The molecule has 6 nitrogen and oxygen atoms in total. The smallest absolute Gasteiger partial charge is 0.320 e. The second-order valence-electron chi connectivity index (χ2n) is 2.66. The van der Waals surface area contributed by atoms with E-state index in [2.05, 4.69) is 20.2 Å². The van der Waals surface area contributed by atoms with E-state index >= 15 is 0 Å². The van der Waals surface area contributed by atoms with Crippen molar-refractivity contribution < 1.29 is 9.53 Å². The van der Waals surface area contributed by atoms with Crippen molar-refractivity contribution in [3.8, 4) is 0 Å². The molecule has 0 fully saturated rings. The van der Waals surface area contributed by atoms with Crippen molar-refractivity contribution in [1.29, 1.82) is 0 Å². The first kappa shape index (κ1) is 10.9. The van der Waals surface area contributed by atoms with Crippen LogP contribution in [0.4, 0.5) is 9.80 Å². The maximum absolute atomic E-state index is 11.2.